The maximum Gasteiger partial charge on any atom is 2.00 e. The Morgan fingerprint density at radius 2 is 0.833 bits per heavy atom. The summed E-state index contributed by atoms with van der Waals surface area (Å²) in [4.78, 5) is 0. The Morgan fingerprint density at radius 1 is 0.833 bits per heavy atom. The zero-order chi connectivity index (χ0) is 9.15. The van der Waals surface area contributed by atoms with Gasteiger partial charge in [-0.2, -0.15) is 6.92 Å². The normalized spacial score (nSPS) is 6.50. The molecular weight excluding hydrogens is 188 g/mol. The molecular formula is C9H24O2Ti. The molecule has 3 heteroatoms. The predicted molar refractivity (Wildman–Crippen MR) is 52.2 cm³/mol. The van der Waals surface area contributed by atoms with E-state index < -0.39 is 0 Å². The van der Waals surface area contributed by atoms with Crippen LogP contribution in [-0.4, -0.2) is 22.4 Å². The minimum Gasteiger partial charge on any atom is -0.394 e. The van der Waals surface area contributed by atoms with E-state index in [9.17, 15) is 0 Å². The Labute approximate surface area is 93.3 Å². The summed E-state index contributed by atoms with van der Waals surface area (Å²) >= 11 is 0. The average Bonchev–Trinajstić information content (AvgIpc) is 1.66. The van der Waals surface area contributed by atoms with Gasteiger partial charge in [0.25, 0.3) is 0 Å². The fourth-order valence-corrected chi connectivity index (χ4v) is 0. The van der Waals surface area contributed by atoms with E-state index in [0.29, 0.717) is 0 Å². The van der Waals surface area contributed by atoms with Crippen LogP contribution in [0.5, 0.6) is 0 Å². The van der Waals surface area contributed by atoms with E-state index in [0.717, 1.165) is 0 Å². The van der Waals surface area contributed by atoms with Crippen molar-refractivity contribution in [2.45, 2.75) is 46.8 Å². The van der Waals surface area contributed by atoms with Crippen LogP contribution in [-0.2, 0) is 21.7 Å². The molecule has 0 aromatic heterocycles. The van der Waals surface area contributed by atoms with Crippen LogP contribution < -0.4 is 0 Å². The molecule has 0 bridgehead atoms. The van der Waals surface area contributed by atoms with Crippen molar-refractivity contribution >= 4 is 0 Å². The zero-order valence-corrected chi connectivity index (χ0v) is 10.8. The third-order valence-corrected chi connectivity index (χ3v) is 0. The van der Waals surface area contributed by atoms with E-state index in [1.807, 2.05) is 0 Å². The second-order valence-electron chi connectivity index (χ2n) is 2.19. The molecule has 0 atom stereocenters. The molecule has 0 saturated carbocycles. The summed E-state index contributed by atoms with van der Waals surface area (Å²) in [7, 11) is 0. The fraction of sp³-hybridized carbons (Fsp3) is 0.778. The first kappa shape index (κ1) is 29.3. The largest absolute Gasteiger partial charge is 2.00 e. The van der Waals surface area contributed by atoms with Crippen LogP contribution in [0.1, 0.15) is 34.6 Å². The molecule has 0 heterocycles. The fourth-order valence-electron chi connectivity index (χ4n) is 0. The molecule has 0 aliphatic carbocycles. The Morgan fingerprint density at radius 3 is 0.833 bits per heavy atom. The van der Waals surface area contributed by atoms with Gasteiger partial charge in [0.2, 0.25) is 0 Å². The molecule has 2 nitrogen and oxygen atoms in total. The maximum atomic E-state index is 8.06. The van der Waals surface area contributed by atoms with Gasteiger partial charge in [-0.1, -0.05) is 0 Å². The Kier molecular flexibility index (Phi) is 73.1. The van der Waals surface area contributed by atoms with Crippen molar-refractivity contribution < 1.29 is 31.9 Å². The van der Waals surface area contributed by atoms with Crippen LogP contribution in [0.4, 0.5) is 0 Å². The van der Waals surface area contributed by atoms with E-state index >= 15 is 0 Å². The smallest absolute Gasteiger partial charge is 0.394 e. The van der Waals surface area contributed by atoms with E-state index in [2.05, 4.69) is 6.92 Å². The van der Waals surface area contributed by atoms with Crippen LogP contribution in [0.3, 0.4) is 0 Å². The van der Waals surface area contributed by atoms with Gasteiger partial charge in [-0.25, -0.2) is 0 Å². The third-order valence-electron chi connectivity index (χ3n) is 0. The van der Waals surface area contributed by atoms with Gasteiger partial charge in [0.05, 0.1) is 0 Å². The van der Waals surface area contributed by atoms with Crippen LogP contribution in [0, 0.1) is 14.4 Å². The quantitative estimate of drug-likeness (QED) is 0.476. The molecule has 0 aliphatic heterocycles. The van der Waals surface area contributed by atoms with Crippen molar-refractivity contribution in [2.75, 3.05) is 0 Å². The van der Waals surface area contributed by atoms with E-state index in [4.69, 9.17) is 10.2 Å². The second kappa shape index (κ2) is 29.9. The van der Waals surface area contributed by atoms with E-state index in [-0.39, 0.29) is 41.4 Å². The van der Waals surface area contributed by atoms with Crippen molar-refractivity contribution in [1.82, 2.24) is 0 Å². The molecule has 0 rings (SSSR count). The molecule has 0 aromatic carbocycles. The molecule has 12 heavy (non-hydrogen) atoms. The summed E-state index contributed by atoms with van der Waals surface area (Å²) in [5.74, 6) is 0. The standard InChI is InChI=1S/2C3H8O.C2H5.CH3.Ti/c2*1-3(2)4;1-2;;/h2*3-4H,1-2H3;1H2,2H3;1H3;/q;;2*-1;+2. The zero-order valence-electron chi connectivity index (χ0n) is 9.26. The SMILES string of the molecule is CC(C)O.CC(C)O.[CH2-]C.[CH3-].[Ti+2]. The van der Waals surface area contributed by atoms with Crippen LogP contribution in [0.25, 0.3) is 0 Å². The molecule has 0 aliphatic rings. The van der Waals surface area contributed by atoms with E-state index in [1.54, 1.807) is 34.6 Å². The van der Waals surface area contributed by atoms with Gasteiger partial charge in [-0.15, -0.1) is 0 Å². The number of rotatable bonds is 0. The molecule has 0 fully saturated rings. The summed E-state index contributed by atoms with van der Waals surface area (Å²) in [6.45, 7) is 11.9. The van der Waals surface area contributed by atoms with Crippen molar-refractivity contribution in [3.63, 3.8) is 0 Å². The van der Waals surface area contributed by atoms with Crippen LogP contribution >= 0.6 is 0 Å². The van der Waals surface area contributed by atoms with Crippen molar-refractivity contribution in [1.29, 1.82) is 0 Å². The summed E-state index contributed by atoms with van der Waals surface area (Å²) in [5, 5.41) is 16.1. The molecule has 0 radical (unpaired) electrons. The number of hydrogen-bond donors (Lipinski definition) is 2. The van der Waals surface area contributed by atoms with Gasteiger partial charge < -0.3 is 24.6 Å². The predicted octanol–water partition coefficient (Wildman–Crippen LogP) is 2.06. The molecule has 76 valence electrons. The Balaban J connectivity index is -0.0000000198. The van der Waals surface area contributed by atoms with Crippen LogP contribution in [0.15, 0.2) is 0 Å². The van der Waals surface area contributed by atoms with Crippen molar-refractivity contribution in [3.05, 3.63) is 14.4 Å². The minimum atomic E-state index is -0.167. The van der Waals surface area contributed by atoms with Crippen LogP contribution in [0.2, 0.25) is 0 Å². The molecule has 0 spiro atoms. The summed E-state index contributed by atoms with van der Waals surface area (Å²) < 4.78 is 0. The van der Waals surface area contributed by atoms with E-state index in [1.165, 1.54) is 0 Å². The van der Waals surface area contributed by atoms with Crippen molar-refractivity contribution in [2.24, 2.45) is 0 Å². The van der Waals surface area contributed by atoms with Crippen molar-refractivity contribution in [3.8, 4) is 0 Å². The monoisotopic (exact) mass is 212 g/mol. The summed E-state index contributed by atoms with van der Waals surface area (Å²) in [6.07, 6.45) is -0.333. The molecule has 2 N–H and O–H groups in total. The maximum absolute atomic E-state index is 8.06. The number of aliphatic hydroxyl groups is 2. The minimum absolute atomic E-state index is 0. The first-order valence-electron chi connectivity index (χ1n) is 3.53. The van der Waals surface area contributed by atoms with Gasteiger partial charge >= 0.3 is 21.7 Å². The second-order valence-corrected chi connectivity index (χ2v) is 2.19. The molecule has 0 unspecified atom stereocenters. The molecule has 0 amide bonds. The van der Waals surface area contributed by atoms with Gasteiger partial charge in [0.15, 0.2) is 0 Å². The third kappa shape index (κ3) is 2450. The first-order valence-corrected chi connectivity index (χ1v) is 3.53. The Hall–Kier alpha value is 0.634. The Bertz CT molecular complexity index is 28.0. The topological polar surface area (TPSA) is 40.5 Å². The summed E-state index contributed by atoms with van der Waals surface area (Å²) in [5.41, 5.74) is 0. The van der Waals surface area contributed by atoms with Gasteiger partial charge in [0, 0.05) is 12.2 Å². The molecule has 0 aromatic rings. The first-order chi connectivity index (χ1) is 4.46. The van der Waals surface area contributed by atoms with Gasteiger partial charge in [0.1, 0.15) is 0 Å². The van der Waals surface area contributed by atoms with Gasteiger partial charge in [-0.05, 0) is 27.7 Å². The average molecular weight is 212 g/mol. The van der Waals surface area contributed by atoms with Gasteiger partial charge in [-0.3, -0.25) is 0 Å². The number of aliphatic hydroxyl groups excluding tert-OH is 2. The summed E-state index contributed by atoms with van der Waals surface area (Å²) in [6, 6.07) is 0. The molecule has 0 saturated heterocycles. The number of hydrogen-bond acceptors (Lipinski definition) is 2.